The second-order valence-corrected chi connectivity index (χ2v) is 6.15. The van der Waals surface area contributed by atoms with Crippen molar-refractivity contribution < 1.29 is 4.79 Å². The maximum Gasteiger partial charge on any atom is 0.217 e. The molecule has 0 saturated carbocycles. The Labute approximate surface area is 126 Å². The van der Waals surface area contributed by atoms with Crippen LogP contribution >= 0.6 is 0 Å². The molecule has 0 saturated heterocycles. The number of primary amides is 1. The number of amides is 1. The fourth-order valence-corrected chi connectivity index (χ4v) is 1.83. The van der Waals surface area contributed by atoms with Gasteiger partial charge in [-0.2, -0.15) is 0 Å². The van der Waals surface area contributed by atoms with E-state index in [9.17, 15) is 4.79 Å². The zero-order valence-electron chi connectivity index (χ0n) is 13.7. The van der Waals surface area contributed by atoms with E-state index in [1.165, 1.54) is 0 Å². The summed E-state index contributed by atoms with van der Waals surface area (Å²) in [6.45, 7) is 11.8. The molecule has 1 amide bonds. The molecule has 6 nitrogen and oxygen atoms in total. The van der Waals surface area contributed by atoms with E-state index in [-0.39, 0.29) is 11.3 Å². The van der Waals surface area contributed by atoms with Crippen LogP contribution < -0.4 is 16.4 Å². The van der Waals surface area contributed by atoms with Crippen LogP contribution in [0.4, 0.5) is 11.6 Å². The summed E-state index contributed by atoms with van der Waals surface area (Å²) in [4.78, 5) is 20.0. The summed E-state index contributed by atoms with van der Waals surface area (Å²) in [6.07, 6.45) is 1.07. The normalized spacial score (nSPS) is 11.3. The number of rotatable bonds is 7. The van der Waals surface area contributed by atoms with Gasteiger partial charge in [-0.15, -0.1) is 0 Å². The highest BCUT2D eigenvalue weighted by Crippen LogP contribution is 2.26. The number of hydrogen-bond acceptors (Lipinski definition) is 5. The molecular weight excluding hydrogens is 266 g/mol. The average molecular weight is 293 g/mol. The molecule has 1 heterocycles. The minimum absolute atomic E-state index is 0.123. The average Bonchev–Trinajstić information content (AvgIpc) is 2.37. The quantitative estimate of drug-likeness (QED) is 0.670. The van der Waals surface area contributed by atoms with Gasteiger partial charge in [0.15, 0.2) is 0 Å². The molecule has 118 valence electrons. The van der Waals surface area contributed by atoms with Crippen molar-refractivity contribution >= 4 is 17.5 Å². The van der Waals surface area contributed by atoms with Crippen LogP contribution in [0.5, 0.6) is 0 Å². The highest BCUT2D eigenvalue weighted by atomic mass is 16.1. The van der Waals surface area contributed by atoms with Gasteiger partial charge in [-0.25, -0.2) is 9.97 Å². The van der Waals surface area contributed by atoms with Gasteiger partial charge in [0.1, 0.15) is 17.5 Å². The van der Waals surface area contributed by atoms with Crippen molar-refractivity contribution in [2.24, 2.45) is 5.73 Å². The fraction of sp³-hybridized carbons (Fsp3) is 0.667. The van der Waals surface area contributed by atoms with Crippen molar-refractivity contribution in [1.82, 2.24) is 9.97 Å². The van der Waals surface area contributed by atoms with Gasteiger partial charge < -0.3 is 16.4 Å². The van der Waals surface area contributed by atoms with E-state index in [1.807, 2.05) is 13.8 Å². The highest BCUT2D eigenvalue weighted by molar-refractivity contribution is 5.73. The van der Waals surface area contributed by atoms with E-state index >= 15 is 0 Å². The molecule has 1 aromatic rings. The summed E-state index contributed by atoms with van der Waals surface area (Å²) in [6, 6.07) is 0. The lowest BCUT2D eigenvalue weighted by Gasteiger charge is -2.21. The smallest absolute Gasteiger partial charge is 0.217 e. The van der Waals surface area contributed by atoms with Crippen LogP contribution in [0.15, 0.2) is 0 Å². The Morgan fingerprint density at radius 3 is 2.24 bits per heavy atom. The number of hydrogen-bond donors (Lipinski definition) is 3. The largest absolute Gasteiger partial charge is 0.370 e. The summed E-state index contributed by atoms with van der Waals surface area (Å²) in [5.74, 6) is 2.19. The maximum absolute atomic E-state index is 10.8. The summed E-state index contributed by atoms with van der Waals surface area (Å²) in [5.41, 5.74) is 6.01. The molecule has 0 aliphatic rings. The number of carbonyl (C=O) groups is 1. The maximum atomic E-state index is 10.8. The lowest BCUT2D eigenvalue weighted by Crippen LogP contribution is -2.20. The lowest BCUT2D eigenvalue weighted by atomic mass is 9.95. The number of anilines is 2. The number of nitrogens with one attached hydrogen (secondary N) is 2. The first-order valence-electron chi connectivity index (χ1n) is 7.40. The topological polar surface area (TPSA) is 92.9 Å². The van der Waals surface area contributed by atoms with Crippen LogP contribution in [-0.4, -0.2) is 29.0 Å². The van der Waals surface area contributed by atoms with Crippen LogP contribution in [0.25, 0.3) is 0 Å². The Balaban J connectivity index is 2.95. The molecule has 6 heteroatoms. The van der Waals surface area contributed by atoms with E-state index in [2.05, 4.69) is 41.4 Å². The summed E-state index contributed by atoms with van der Waals surface area (Å²) in [5, 5.41) is 6.55. The zero-order chi connectivity index (χ0) is 16.0. The van der Waals surface area contributed by atoms with Gasteiger partial charge in [0, 0.05) is 30.5 Å². The van der Waals surface area contributed by atoms with Crippen LogP contribution in [0.2, 0.25) is 0 Å². The first kappa shape index (κ1) is 17.2. The molecule has 0 aromatic carbocycles. The molecule has 0 radical (unpaired) electrons. The predicted octanol–water partition coefficient (Wildman–Crippen LogP) is 2.19. The zero-order valence-corrected chi connectivity index (χ0v) is 13.7. The van der Waals surface area contributed by atoms with Crippen molar-refractivity contribution in [3.63, 3.8) is 0 Å². The third-order valence-corrected chi connectivity index (χ3v) is 3.05. The van der Waals surface area contributed by atoms with E-state index < -0.39 is 0 Å². The van der Waals surface area contributed by atoms with Crippen LogP contribution in [0, 0.1) is 6.92 Å². The van der Waals surface area contributed by atoms with E-state index in [0.29, 0.717) is 19.4 Å². The molecule has 0 atom stereocenters. The second-order valence-electron chi connectivity index (χ2n) is 6.15. The summed E-state index contributed by atoms with van der Waals surface area (Å²) < 4.78 is 0. The van der Waals surface area contributed by atoms with Crippen LogP contribution in [0.3, 0.4) is 0 Å². The third-order valence-electron chi connectivity index (χ3n) is 3.05. The van der Waals surface area contributed by atoms with Crippen molar-refractivity contribution in [3.05, 3.63) is 11.4 Å². The van der Waals surface area contributed by atoms with Gasteiger partial charge in [0.05, 0.1) is 0 Å². The molecule has 0 bridgehead atoms. The van der Waals surface area contributed by atoms with Crippen molar-refractivity contribution in [1.29, 1.82) is 0 Å². The Bertz CT molecular complexity index is 494. The molecule has 4 N–H and O–H groups in total. The fourth-order valence-electron chi connectivity index (χ4n) is 1.83. The second kappa shape index (κ2) is 7.24. The monoisotopic (exact) mass is 293 g/mol. The van der Waals surface area contributed by atoms with Crippen molar-refractivity contribution in [2.45, 2.75) is 52.9 Å². The molecule has 0 unspecified atom stereocenters. The minimum Gasteiger partial charge on any atom is -0.370 e. The number of nitrogens with zero attached hydrogens (tertiary/aromatic N) is 2. The number of nitrogens with two attached hydrogens (primary N) is 1. The Morgan fingerprint density at radius 2 is 1.76 bits per heavy atom. The Hall–Kier alpha value is -1.85. The third kappa shape index (κ3) is 5.21. The SMILES string of the molecule is CCNc1nc(C(C)(C)C)nc(NCCCC(N)=O)c1C. The van der Waals surface area contributed by atoms with Crippen molar-refractivity contribution in [2.75, 3.05) is 23.7 Å². The van der Waals surface area contributed by atoms with E-state index in [4.69, 9.17) is 5.73 Å². The van der Waals surface area contributed by atoms with Gasteiger partial charge in [-0.1, -0.05) is 20.8 Å². The lowest BCUT2D eigenvalue weighted by molar-refractivity contribution is -0.118. The van der Waals surface area contributed by atoms with E-state index in [0.717, 1.165) is 29.6 Å². The Kier molecular flexibility index (Phi) is 5.93. The standard InChI is InChI=1S/C15H27N5O/c1-6-17-12-10(2)13(18-9-7-8-11(16)21)20-14(19-12)15(3,4)5/h6-9H2,1-5H3,(H2,16,21)(H2,17,18,19,20). The first-order chi connectivity index (χ1) is 9.75. The molecule has 0 aliphatic carbocycles. The van der Waals surface area contributed by atoms with Crippen molar-refractivity contribution in [3.8, 4) is 0 Å². The predicted molar refractivity (Wildman–Crippen MR) is 86.6 cm³/mol. The molecule has 1 aromatic heterocycles. The molecule has 1 rings (SSSR count). The highest BCUT2D eigenvalue weighted by Gasteiger charge is 2.20. The first-order valence-corrected chi connectivity index (χ1v) is 7.40. The summed E-state index contributed by atoms with van der Waals surface area (Å²) >= 11 is 0. The van der Waals surface area contributed by atoms with Gasteiger partial charge in [-0.3, -0.25) is 4.79 Å². The molecule has 0 spiro atoms. The number of carbonyl (C=O) groups excluding carboxylic acids is 1. The van der Waals surface area contributed by atoms with E-state index in [1.54, 1.807) is 0 Å². The van der Waals surface area contributed by atoms with Gasteiger partial charge in [-0.05, 0) is 20.3 Å². The minimum atomic E-state index is -0.278. The summed E-state index contributed by atoms with van der Waals surface area (Å²) in [7, 11) is 0. The van der Waals surface area contributed by atoms with Gasteiger partial charge in [0.25, 0.3) is 0 Å². The molecule has 0 fully saturated rings. The molecule has 0 aliphatic heterocycles. The van der Waals surface area contributed by atoms with Crippen LogP contribution in [-0.2, 0) is 10.2 Å². The number of aromatic nitrogens is 2. The van der Waals surface area contributed by atoms with Gasteiger partial charge in [0.2, 0.25) is 5.91 Å². The van der Waals surface area contributed by atoms with Gasteiger partial charge >= 0.3 is 0 Å². The molecule has 21 heavy (non-hydrogen) atoms. The Morgan fingerprint density at radius 1 is 1.19 bits per heavy atom. The van der Waals surface area contributed by atoms with Crippen LogP contribution in [0.1, 0.15) is 51.9 Å². The molecular formula is C15H27N5O.